The predicted molar refractivity (Wildman–Crippen MR) is 75.0 cm³/mol. The average Bonchev–Trinajstić information content (AvgIpc) is 2.92. The molecule has 0 spiro atoms. The fraction of sp³-hybridized carbons (Fsp3) is 0.438. The molecule has 3 rings (SSSR count). The third-order valence-corrected chi connectivity index (χ3v) is 3.87. The maximum atomic E-state index is 11.7. The Morgan fingerprint density at radius 1 is 1.37 bits per heavy atom. The second-order valence-corrected chi connectivity index (χ2v) is 5.80. The molecule has 2 aromatic rings. The van der Waals surface area contributed by atoms with Gasteiger partial charge in [-0.3, -0.25) is 4.79 Å². The summed E-state index contributed by atoms with van der Waals surface area (Å²) in [4.78, 5) is 11.7. The van der Waals surface area contributed by atoms with Crippen LogP contribution in [-0.2, 0) is 4.79 Å². The van der Waals surface area contributed by atoms with E-state index in [0.29, 0.717) is 12.3 Å². The zero-order valence-electron chi connectivity index (χ0n) is 11.3. The second kappa shape index (κ2) is 4.72. The van der Waals surface area contributed by atoms with Gasteiger partial charge < -0.3 is 9.73 Å². The molecule has 0 radical (unpaired) electrons. The van der Waals surface area contributed by atoms with Gasteiger partial charge in [-0.2, -0.15) is 0 Å². The first-order valence-corrected chi connectivity index (χ1v) is 6.90. The number of hydrogen-bond acceptors (Lipinski definition) is 2. The van der Waals surface area contributed by atoms with E-state index in [1.54, 1.807) is 0 Å². The number of carbonyl (C=O) groups is 1. The number of para-hydroxylation sites is 1. The zero-order chi connectivity index (χ0) is 13.4. The number of hydrogen-bond donors (Lipinski definition) is 1. The average molecular weight is 257 g/mol. The van der Waals surface area contributed by atoms with E-state index in [1.165, 1.54) is 5.56 Å². The second-order valence-electron chi connectivity index (χ2n) is 5.80. The van der Waals surface area contributed by atoms with Crippen molar-refractivity contribution in [3.05, 3.63) is 36.1 Å². The van der Waals surface area contributed by atoms with E-state index in [-0.39, 0.29) is 17.9 Å². The molecule has 0 saturated carbocycles. The summed E-state index contributed by atoms with van der Waals surface area (Å²) < 4.78 is 5.61. The number of fused-ring (bicyclic) bond motifs is 1. The summed E-state index contributed by atoms with van der Waals surface area (Å²) in [6.07, 6.45) is 3.40. The smallest absolute Gasteiger partial charge is 0.220 e. The Labute approximate surface area is 113 Å². The van der Waals surface area contributed by atoms with E-state index < -0.39 is 0 Å². The van der Waals surface area contributed by atoms with Crippen LogP contribution >= 0.6 is 0 Å². The highest BCUT2D eigenvalue weighted by molar-refractivity contribution is 5.85. The fourth-order valence-electron chi connectivity index (χ4n) is 3.05. The Balaban J connectivity index is 1.97. The van der Waals surface area contributed by atoms with Crippen molar-refractivity contribution in [2.75, 3.05) is 0 Å². The fourth-order valence-corrected chi connectivity index (χ4v) is 3.05. The van der Waals surface area contributed by atoms with E-state index in [4.69, 9.17) is 4.42 Å². The van der Waals surface area contributed by atoms with Crippen LogP contribution in [0.1, 0.15) is 38.2 Å². The van der Waals surface area contributed by atoms with E-state index in [9.17, 15) is 4.79 Å². The molecule has 1 aliphatic rings. The van der Waals surface area contributed by atoms with Crippen molar-refractivity contribution >= 4 is 16.9 Å². The van der Waals surface area contributed by atoms with Gasteiger partial charge in [0.25, 0.3) is 0 Å². The molecule has 3 nitrogen and oxygen atoms in total. The largest absolute Gasteiger partial charge is 0.464 e. The lowest BCUT2D eigenvalue weighted by Crippen LogP contribution is -2.29. The van der Waals surface area contributed by atoms with Crippen LogP contribution in [0.3, 0.4) is 0 Å². The summed E-state index contributed by atoms with van der Waals surface area (Å²) in [5.74, 6) is 0.962. The van der Waals surface area contributed by atoms with Crippen LogP contribution < -0.4 is 5.32 Å². The van der Waals surface area contributed by atoms with Crippen molar-refractivity contribution in [2.45, 2.75) is 38.6 Å². The number of carbonyl (C=O) groups excluding carboxylic acids is 1. The minimum atomic E-state index is 0.154. The van der Waals surface area contributed by atoms with Crippen molar-refractivity contribution in [1.82, 2.24) is 5.32 Å². The molecule has 2 heterocycles. The Kier molecular flexibility index (Phi) is 3.05. The summed E-state index contributed by atoms with van der Waals surface area (Å²) in [6, 6.07) is 8.26. The Bertz CT molecular complexity index is 600. The topological polar surface area (TPSA) is 42.2 Å². The van der Waals surface area contributed by atoms with Gasteiger partial charge >= 0.3 is 0 Å². The number of nitrogens with one attached hydrogen (secondary N) is 1. The molecule has 2 atom stereocenters. The highest BCUT2D eigenvalue weighted by atomic mass is 16.3. The Hall–Kier alpha value is -1.77. The highest BCUT2D eigenvalue weighted by Crippen LogP contribution is 2.36. The first-order chi connectivity index (χ1) is 9.15. The molecule has 1 amide bonds. The molecule has 1 fully saturated rings. The molecule has 0 bridgehead atoms. The first kappa shape index (κ1) is 12.3. The maximum Gasteiger partial charge on any atom is 0.220 e. The monoisotopic (exact) mass is 257 g/mol. The molecule has 1 aliphatic heterocycles. The minimum Gasteiger partial charge on any atom is -0.464 e. The molecule has 3 heteroatoms. The van der Waals surface area contributed by atoms with Crippen molar-refractivity contribution in [3.63, 3.8) is 0 Å². The molecule has 1 aromatic carbocycles. The lowest BCUT2D eigenvalue weighted by molar-refractivity contribution is -0.119. The van der Waals surface area contributed by atoms with Gasteiger partial charge in [-0.1, -0.05) is 32.0 Å². The molecule has 1 saturated heterocycles. The van der Waals surface area contributed by atoms with Crippen LogP contribution in [0.25, 0.3) is 11.0 Å². The molecule has 19 heavy (non-hydrogen) atoms. The Morgan fingerprint density at radius 3 is 2.95 bits per heavy atom. The lowest BCUT2D eigenvalue weighted by Gasteiger charge is -2.20. The van der Waals surface area contributed by atoms with Crippen LogP contribution in [0.2, 0.25) is 0 Å². The molecule has 100 valence electrons. The van der Waals surface area contributed by atoms with Crippen molar-refractivity contribution in [1.29, 1.82) is 0 Å². The summed E-state index contributed by atoms with van der Waals surface area (Å²) in [7, 11) is 0. The van der Waals surface area contributed by atoms with Gasteiger partial charge in [0.05, 0.1) is 6.26 Å². The summed E-state index contributed by atoms with van der Waals surface area (Å²) in [5.41, 5.74) is 2.07. The van der Waals surface area contributed by atoms with Gasteiger partial charge in [0.2, 0.25) is 5.91 Å². The van der Waals surface area contributed by atoms with Gasteiger partial charge in [-0.15, -0.1) is 0 Å². The van der Waals surface area contributed by atoms with Crippen LogP contribution in [-0.4, -0.2) is 11.9 Å². The van der Waals surface area contributed by atoms with Crippen molar-refractivity contribution in [3.8, 4) is 0 Å². The minimum absolute atomic E-state index is 0.154. The van der Waals surface area contributed by atoms with E-state index in [1.807, 2.05) is 24.5 Å². The molecule has 0 aliphatic carbocycles. The molecule has 2 unspecified atom stereocenters. The molecular weight excluding hydrogens is 238 g/mol. The third-order valence-electron chi connectivity index (χ3n) is 3.87. The van der Waals surface area contributed by atoms with Gasteiger partial charge in [0, 0.05) is 29.3 Å². The molecule has 1 aromatic heterocycles. The molecule has 1 N–H and O–H groups in total. The van der Waals surface area contributed by atoms with E-state index in [2.05, 4.69) is 25.2 Å². The lowest BCUT2D eigenvalue weighted by atomic mass is 9.87. The summed E-state index contributed by atoms with van der Waals surface area (Å²) in [5, 5.41) is 4.24. The standard InChI is InChI=1S/C16H19NO2/c1-10(2)7-14-12(8-16(18)17-14)13-9-19-15-6-4-3-5-11(13)15/h3-6,9-10,12,14H,7-8H2,1-2H3,(H,17,18). The number of furan rings is 1. The number of rotatable bonds is 3. The summed E-state index contributed by atoms with van der Waals surface area (Å²) >= 11 is 0. The normalized spacial score (nSPS) is 23.2. The SMILES string of the molecule is CC(C)CC1NC(=O)CC1c1coc2ccccc12. The predicted octanol–water partition coefficient (Wildman–Crippen LogP) is 3.45. The van der Waals surface area contributed by atoms with Gasteiger partial charge in [0.1, 0.15) is 5.58 Å². The number of benzene rings is 1. The highest BCUT2D eigenvalue weighted by Gasteiger charge is 2.35. The van der Waals surface area contributed by atoms with Gasteiger partial charge in [0.15, 0.2) is 0 Å². The Morgan fingerprint density at radius 2 is 2.16 bits per heavy atom. The van der Waals surface area contributed by atoms with Crippen LogP contribution in [0.15, 0.2) is 34.9 Å². The quantitative estimate of drug-likeness (QED) is 0.915. The maximum absolute atomic E-state index is 11.7. The van der Waals surface area contributed by atoms with Crippen molar-refractivity contribution in [2.24, 2.45) is 5.92 Å². The van der Waals surface area contributed by atoms with E-state index >= 15 is 0 Å². The van der Waals surface area contributed by atoms with Crippen LogP contribution in [0.5, 0.6) is 0 Å². The third kappa shape index (κ3) is 2.25. The van der Waals surface area contributed by atoms with Crippen LogP contribution in [0, 0.1) is 5.92 Å². The number of amides is 1. The molecular formula is C16H19NO2. The van der Waals surface area contributed by atoms with Crippen LogP contribution in [0.4, 0.5) is 0 Å². The van der Waals surface area contributed by atoms with Gasteiger partial charge in [-0.25, -0.2) is 0 Å². The summed E-state index contributed by atoms with van der Waals surface area (Å²) in [6.45, 7) is 4.38. The van der Waals surface area contributed by atoms with Crippen molar-refractivity contribution < 1.29 is 9.21 Å². The zero-order valence-corrected chi connectivity index (χ0v) is 11.3. The van der Waals surface area contributed by atoms with E-state index in [0.717, 1.165) is 17.4 Å². The van der Waals surface area contributed by atoms with Gasteiger partial charge in [-0.05, 0) is 18.4 Å². The first-order valence-electron chi connectivity index (χ1n) is 6.90.